The van der Waals surface area contributed by atoms with Gasteiger partial charge in [0.15, 0.2) is 5.78 Å². The van der Waals surface area contributed by atoms with E-state index in [4.69, 9.17) is 28.9 Å². The normalized spacial score (nSPS) is 15.1. The summed E-state index contributed by atoms with van der Waals surface area (Å²) < 4.78 is 24.4. The Labute approximate surface area is 318 Å². The number of alkyl carbamates (subject to hydrolysis) is 2. The fourth-order valence-corrected chi connectivity index (χ4v) is 5.61. The highest BCUT2D eigenvalue weighted by molar-refractivity contribution is 6.20. The Balaban J connectivity index is 2.48. The van der Waals surface area contributed by atoms with Crippen LogP contribution in [0.4, 0.5) is 9.59 Å². The largest absolute Gasteiger partial charge is 0.462 e. The van der Waals surface area contributed by atoms with Crippen molar-refractivity contribution < 1.29 is 57.2 Å². The molecule has 0 aromatic heterocycles. The van der Waals surface area contributed by atoms with Crippen molar-refractivity contribution in [2.24, 2.45) is 11.8 Å². The van der Waals surface area contributed by atoms with Gasteiger partial charge in [0.1, 0.15) is 6.61 Å². The third-order valence-electron chi connectivity index (χ3n) is 8.50. The summed E-state index contributed by atoms with van der Waals surface area (Å²) in [4.78, 5) is 87.3. The van der Waals surface area contributed by atoms with Crippen LogP contribution in [0.1, 0.15) is 103 Å². The number of rotatable bonds is 31. The summed E-state index contributed by atoms with van der Waals surface area (Å²) >= 11 is 0. The molecule has 4 amide bonds. The van der Waals surface area contributed by atoms with E-state index in [1.807, 2.05) is 0 Å². The zero-order chi connectivity index (χ0) is 39.8. The van der Waals surface area contributed by atoms with Gasteiger partial charge in [0.25, 0.3) is 6.26 Å². The zero-order valence-electron chi connectivity index (χ0n) is 31.5. The molecule has 0 saturated carbocycles. The second kappa shape index (κ2) is 30.5. The van der Waals surface area contributed by atoms with Crippen LogP contribution >= 0.6 is 0 Å². The van der Waals surface area contributed by atoms with Gasteiger partial charge in [0.2, 0.25) is 11.8 Å². The predicted molar refractivity (Wildman–Crippen MR) is 195 cm³/mol. The van der Waals surface area contributed by atoms with Crippen LogP contribution in [0.5, 0.6) is 0 Å². The molecule has 54 heavy (non-hydrogen) atoms. The number of likely N-dealkylation sites (tertiary alicyclic amines) is 1. The Morgan fingerprint density at radius 3 is 1.48 bits per heavy atom. The first-order valence-corrected chi connectivity index (χ1v) is 19.0. The Bertz CT molecular complexity index is 1170. The monoisotopic (exact) mass is 762 g/mol. The lowest BCUT2D eigenvalue weighted by Gasteiger charge is -2.35. The minimum atomic E-state index is -0.875. The van der Waals surface area contributed by atoms with Crippen LogP contribution in [0, 0.1) is 23.4 Å². The molecular weight excluding hydrogens is 704 g/mol. The number of amides is 4. The number of hydrogen-bond acceptors (Lipinski definition) is 13. The van der Waals surface area contributed by atoms with Crippen LogP contribution < -0.4 is 10.6 Å². The SMILES string of the molecule is C=CC(=O)OCCCOC(=O)NCCCCCCC1C(=O)C(CCCCCCOC#N)C(=O)N(CCCCCCNC(=O)OCCCOC(=O)C=C)C1=O. The molecule has 1 fully saturated rings. The summed E-state index contributed by atoms with van der Waals surface area (Å²) in [5.41, 5.74) is 0. The van der Waals surface area contributed by atoms with E-state index < -0.39 is 47.8 Å². The van der Waals surface area contributed by atoms with Crippen molar-refractivity contribution in [1.82, 2.24) is 15.5 Å². The molecule has 0 radical (unpaired) electrons. The number of esters is 2. The van der Waals surface area contributed by atoms with Crippen molar-refractivity contribution in [3.05, 3.63) is 25.3 Å². The van der Waals surface area contributed by atoms with Gasteiger partial charge in [-0.15, -0.1) is 0 Å². The molecular formula is C38H58N4O12. The molecule has 1 heterocycles. The quantitative estimate of drug-likeness (QED) is 0.0185. The number of ether oxygens (including phenoxy) is 5. The van der Waals surface area contributed by atoms with Crippen LogP contribution in [0.25, 0.3) is 0 Å². The molecule has 302 valence electrons. The highest BCUT2D eigenvalue weighted by atomic mass is 16.6. The molecule has 2 N–H and O–H groups in total. The lowest BCUT2D eigenvalue weighted by atomic mass is 9.80. The van der Waals surface area contributed by atoms with Crippen LogP contribution in [0.3, 0.4) is 0 Å². The second-order valence-electron chi connectivity index (χ2n) is 12.7. The number of ketones is 1. The highest BCUT2D eigenvalue weighted by Crippen LogP contribution is 2.29. The predicted octanol–water partition coefficient (Wildman–Crippen LogP) is 4.81. The van der Waals surface area contributed by atoms with Crippen LogP contribution in [-0.2, 0) is 47.7 Å². The maximum atomic E-state index is 13.5. The van der Waals surface area contributed by atoms with Crippen LogP contribution in [-0.4, -0.2) is 99.3 Å². The Hall–Kier alpha value is -4.94. The van der Waals surface area contributed by atoms with E-state index in [2.05, 4.69) is 23.8 Å². The number of nitrogens with one attached hydrogen (secondary N) is 2. The number of piperidine rings is 1. The Kier molecular flexibility index (Phi) is 26.6. The fraction of sp³-hybridized carbons (Fsp3) is 0.684. The molecule has 2 unspecified atom stereocenters. The van der Waals surface area contributed by atoms with Gasteiger partial charge in [-0.1, -0.05) is 64.5 Å². The first-order valence-electron chi connectivity index (χ1n) is 19.0. The number of imide groups is 1. The third kappa shape index (κ3) is 21.6. The van der Waals surface area contributed by atoms with Crippen molar-refractivity contribution >= 4 is 41.7 Å². The summed E-state index contributed by atoms with van der Waals surface area (Å²) in [6, 6.07) is 0. The van der Waals surface area contributed by atoms with Crippen molar-refractivity contribution in [2.45, 2.75) is 103 Å². The average molecular weight is 763 g/mol. The number of unbranched alkanes of at least 4 members (excludes halogenated alkanes) is 9. The van der Waals surface area contributed by atoms with Gasteiger partial charge in [0, 0.05) is 44.6 Å². The smallest absolute Gasteiger partial charge is 0.407 e. The number of carbonyl (C=O) groups excluding carboxylic acids is 7. The van der Waals surface area contributed by atoms with Crippen molar-refractivity contribution in [2.75, 3.05) is 52.7 Å². The maximum absolute atomic E-state index is 13.5. The van der Waals surface area contributed by atoms with E-state index in [1.54, 1.807) is 6.26 Å². The van der Waals surface area contributed by atoms with Gasteiger partial charge in [-0.3, -0.25) is 19.3 Å². The molecule has 16 nitrogen and oxygen atoms in total. The minimum absolute atomic E-state index is 0.104. The van der Waals surface area contributed by atoms with E-state index >= 15 is 0 Å². The highest BCUT2D eigenvalue weighted by Gasteiger charge is 2.46. The summed E-state index contributed by atoms with van der Waals surface area (Å²) in [5, 5.41) is 13.8. The first-order chi connectivity index (χ1) is 26.2. The molecule has 0 aromatic carbocycles. The van der Waals surface area contributed by atoms with Gasteiger partial charge in [0.05, 0.1) is 38.3 Å². The minimum Gasteiger partial charge on any atom is -0.462 e. The van der Waals surface area contributed by atoms with Crippen molar-refractivity contribution in [3.8, 4) is 6.26 Å². The molecule has 0 aliphatic carbocycles. The van der Waals surface area contributed by atoms with Crippen molar-refractivity contribution in [3.63, 3.8) is 0 Å². The summed E-state index contributed by atoms with van der Waals surface area (Å²) in [5.74, 6) is -4.00. The van der Waals surface area contributed by atoms with Gasteiger partial charge in [-0.25, -0.2) is 19.2 Å². The molecule has 16 heteroatoms. The van der Waals surface area contributed by atoms with Crippen LogP contribution in [0.2, 0.25) is 0 Å². The summed E-state index contributed by atoms with van der Waals surface area (Å²) in [6.45, 7) is 8.39. The molecule has 0 spiro atoms. The van der Waals surface area contributed by atoms with Gasteiger partial charge in [-0.2, -0.15) is 5.26 Å². The summed E-state index contributed by atoms with van der Waals surface area (Å²) in [7, 11) is 0. The molecule has 0 bridgehead atoms. The van der Waals surface area contributed by atoms with E-state index in [-0.39, 0.29) is 38.8 Å². The molecule has 1 aliphatic heterocycles. The summed E-state index contributed by atoms with van der Waals surface area (Å²) in [6.07, 6.45) is 12.4. The van der Waals surface area contributed by atoms with Gasteiger partial charge < -0.3 is 34.3 Å². The first kappa shape index (κ1) is 47.1. The third-order valence-corrected chi connectivity index (χ3v) is 8.50. The second-order valence-corrected chi connectivity index (χ2v) is 12.7. The van der Waals surface area contributed by atoms with E-state index in [1.165, 1.54) is 4.90 Å². The van der Waals surface area contributed by atoms with E-state index in [9.17, 15) is 33.6 Å². The van der Waals surface area contributed by atoms with Crippen LogP contribution in [0.15, 0.2) is 25.3 Å². The number of hydrogen-bond donors (Lipinski definition) is 2. The van der Waals surface area contributed by atoms with Gasteiger partial charge in [-0.05, 0) is 38.5 Å². The molecule has 2 atom stereocenters. The number of carbonyl (C=O) groups is 7. The lowest BCUT2D eigenvalue weighted by molar-refractivity contribution is -0.161. The van der Waals surface area contributed by atoms with E-state index in [0.717, 1.165) is 44.3 Å². The van der Waals surface area contributed by atoms with E-state index in [0.29, 0.717) is 90.3 Å². The molecule has 1 saturated heterocycles. The molecule has 1 rings (SSSR count). The van der Waals surface area contributed by atoms with Crippen molar-refractivity contribution in [1.29, 1.82) is 5.26 Å². The average Bonchev–Trinajstić information content (AvgIpc) is 3.16. The lowest BCUT2D eigenvalue weighted by Crippen LogP contribution is -2.55. The number of nitriles is 1. The topological polar surface area (TPSA) is 217 Å². The number of nitrogens with zero attached hydrogens (tertiary/aromatic N) is 2. The molecule has 1 aliphatic rings. The number of Topliss-reactive ketones (excluding diaryl/α,β-unsaturated/α-hetero) is 1. The zero-order valence-corrected chi connectivity index (χ0v) is 31.5. The Morgan fingerprint density at radius 1 is 0.593 bits per heavy atom. The Morgan fingerprint density at radius 2 is 1.02 bits per heavy atom. The standard InChI is InChI=1S/C38H58N4O12/c1-3-32(43)51-25-17-27-53-37(48)40-21-13-7-5-11-19-30-34(45)31(20-12-6-10-16-24-50-29-39)36(47)42(35(30)46)23-15-9-8-14-22-41-38(49)54-28-18-26-52-33(44)4-2/h3-4,30-31H,1-2,5-28H2,(H,40,48)(H,41,49). The molecule has 0 aromatic rings. The van der Waals surface area contributed by atoms with Gasteiger partial charge >= 0.3 is 24.1 Å². The fourth-order valence-electron chi connectivity index (χ4n) is 5.61. The maximum Gasteiger partial charge on any atom is 0.407 e.